The average Bonchev–Trinajstić information content (AvgIpc) is 3.18. The lowest BCUT2D eigenvalue weighted by Gasteiger charge is -2.18. The molecule has 0 bridgehead atoms. The molecule has 0 aliphatic heterocycles. The lowest BCUT2D eigenvalue weighted by Crippen LogP contribution is -2.32. The Balaban J connectivity index is 1.47. The second-order valence-corrected chi connectivity index (χ2v) is 9.25. The number of aromatic nitrogens is 1. The van der Waals surface area contributed by atoms with Gasteiger partial charge in [-0.2, -0.15) is 5.10 Å². The van der Waals surface area contributed by atoms with Gasteiger partial charge in [-0.1, -0.05) is 66.2 Å². The van der Waals surface area contributed by atoms with Crippen molar-refractivity contribution < 1.29 is 9.59 Å². The van der Waals surface area contributed by atoms with E-state index in [2.05, 4.69) is 20.4 Å². The van der Waals surface area contributed by atoms with Crippen LogP contribution < -0.4 is 10.7 Å². The van der Waals surface area contributed by atoms with E-state index < -0.39 is 6.04 Å². The Morgan fingerprint density at radius 2 is 1.62 bits per heavy atom. The first-order valence-corrected chi connectivity index (χ1v) is 12.4. The molecule has 0 spiro atoms. The van der Waals surface area contributed by atoms with Crippen LogP contribution in [-0.4, -0.2) is 22.6 Å². The molecule has 1 atom stereocenters. The van der Waals surface area contributed by atoms with Crippen LogP contribution in [0.25, 0.3) is 5.69 Å². The van der Waals surface area contributed by atoms with Crippen molar-refractivity contribution >= 4 is 29.6 Å². The number of amides is 2. The maximum absolute atomic E-state index is 12.8. The molecule has 188 valence electrons. The molecule has 0 saturated carbocycles. The molecule has 3 aromatic carbocycles. The number of aryl methyl sites for hydroxylation is 1. The van der Waals surface area contributed by atoms with E-state index in [1.807, 2.05) is 81.4 Å². The van der Waals surface area contributed by atoms with E-state index in [0.29, 0.717) is 10.6 Å². The monoisotopic (exact) mass is 512 g/mol. The molecular formula is C30H29ClN4O2. The summed E-state index contributed by atoms with van der Waals surface area (Å²) in [6.07, 6.45) is 1.68. The summed E-state index contributed by atoms with van der Waals surface area (Å²) in [7, 11) is 0. The molecule has 6 nitrogen and oxygen atoms in total. The zero-order valence-electron chi connectivity index (χ0n) is 21.0. The van der Waals surface area contributed by atoms with Crippen molar-refractivity contribution in [2.24, 2.45) is 5.10 Å². The molecule has 0 saturated heterocycles. The minimum Gasteiger partial charge on any atom is -0.345 e. The zero-order valence-corrected chi connectivity index (χ0v) is 21.8. The number of halogens is 1. The molecular weight excluding hydrogens is 484 g/mol. The number of carbonyl (C=O) groups excluding carboxylic acids is 2. The zero-order chi connectivity index (χ0) is 26.4. The SMILES string of the molecule is Cc1c(Cl)cccc1-n1c(C)cc(/C=N\NC(=O)C[C@H](NC(=O)c2ccccc2)c2ccccc2)c1C. The van der Waals surface area contributed by atoms with Gasteiger partial charge in [-0.05, 0) is 62.2 Å². The van der Waals surface area contributed by atoms with Crippen LogP contribution in [0.4, 0.5) is 0 Å². The largest absolute Gasteiger partial charge is 0.345 e. The second kappa shape index (κ2) is 11.7. The lowest BCUT2D eigenvalue weighted by atomic mass is 10.0. The van der Waals surface area contributed by atoms with Crippen molar-refractivity contribution in [2.45, 2.75) is 33.2 Å². The number of benzene rings is 3. The summed E-state index contributed by atoms with van der Waals surface area (Å²) >= 11 is 6.33. The van der Waals surface area contributed by atoms with Gasteiger partial charge in [-0.25, -0.2) is 5.43 Å². The molecule has 0 fully saturated rings. The van der Waals surface area contributed by atoms with Crippen LogP contribution in [0.5, 0.6) is 0 Å². The second-order valence-electron chi connectivity index (χ2n) is 8.85. The Hall–Kier alpha value is -4.16. The molecule has 4 rings (SSSR count). The number of rotatable bonds is 8. The Morgan fingerprint density at radius 1 is 0.946 bits per heavy atom. The van der Waals surface area contributed by atoms with E-state index in [1.54, 1.807) is 30.5 Å². The Labute approximate surface area is 222 Å². The number of nitrogens with one attached hydrogen (secondary N) is 2. The van der Waals surface area contributed by atoms with Gasteiger partial charge >= 0.3 is 0 Å². The third-order valence-corrected chi connectivity index (χ3v) is 6.69. The fraction of sp³-hybridized carbons (Fsp3) is 0.167. The molecule has 0 aliphatic rings. The van der Waals surface area contributed by atoms with Crippen molar-refractivity contribution in [2.75, 3.05) is 0 Å². The van der Waals surface area contributed by atoms with Crippen LogP contribution in [0.3, 0.4) is 0 Å². The topological polar surface area (TPSA) is 75.5 Å². The standard InChI is InChI=1S/C30H29ClN4O2/c1-20-17-25(22(3)35(20)28-16-10-15-26(31)21(28)2)19-32-34-29(36)18-27(23-11-6-4-7-12-23)33-30(37)24-13-8-5-9-14-24/h4-17,19,27H,18H2,1-3H3,(H,33,37)(H,34,36)/b32-19-/t27-/m0/s1. The third-order valence-electron chi connectivity index (χ3n) is 6.28. The highest BCUT2D eigenvalue weighted by Crippen LogP contribution is 2.26. The van der Waals surface area contributed by atoms with Crippen LogP contribution >= 0.6 is 11.6 Å². The van der Waals surface area contributed by atoms with Gasteiger partial charge in [0.2, 0.25) is 5.91 Å². The van der Waals surface area contributed by atoms with Gasteiger partial charge in [0.25, 0.3) is 5.91 Å². The van der Waals surface area contributed by atoms with Gasteiger partial charge in [0.1, 0.15) is 0 Å². The molecule has 7 heteroatoms. The van der Waals surface area contributed by atoms with Crippen LogP contribution in [0.2, 0.25) is 5.02 Å². The highest BCUT2D eigenvalue weighted by molar-refractivity contribution is 6.31. The minimum absolute atomic E-state index is 0.0423. The molecule has 1 aromatic heterocycles. The highest BCUT2D eigenvalue weighted by Gasteiger charge is 2.19. The van der Waals surface area contributed by atoms with E-state index in [4.69, 9.17) is 11.6 Å². The van der Waals surface area contributed by atoms with Gasteiger partial charge in [0.15, 0.2) is 0 Å². The fourth-order valence-corrected chi connectivity index (χ4v) is 4.47. The highest BCUT2D eigenvalue weighted by atomic mass is 35.5. The van der Waals surface area contributed by atoms with Crippen LogP contribution in [0, 0.1) is 20.8 Å². The van der Waals surface area contributed by atoms with E-state index in [-0.39, 0.29) is 18.2 Å². The summed E-state index contributed by atoms with van der Waals surface area (Å²) in [6, 6.07) is 25.7. The first-order valence-electron chi connectivity index (χ1n) is 12.0. The van der Waals surface area contributed by atoms with Gasteiger partial charge in [0, 0.05) is 33.2 Å². The number of hydrogen-bond acceptors (Lipinski definition) is 3. The van der Waals surface area contributed by atoms with Crippen molar-refractivity contribution in [3.05, 3.63) is 124 Å². The quantitative estimate of drug-likeness (QED) is 0.222. The molecule has 4 aromatic rings. The summed E-state index contributed by atoms with van der Waals surface area (Å²) in [4.78, 5) is 25.6. The lowest BCUT2D eigenvalue weighted by molar-refractivity contribution is -0.121. The van der Waals surface area contributed by atoms with E-state index in [1.165, 1.54) is 0 Å². The van der Waals surface area contributed by atoms with E-state index >= 15 is 0 Å². The molecule has 2 N–H and O–H groups in total. The van der Waals surface area contributed by atoms with Crippen LogP contribution in [-0.2, 0) is 4.79 Å². The van der Waals surface area contributed by atoms with Crippen molar-refractivity contribution in [3.8, 4) is 5.69 Å². The maximum Gasteiger partial charge on any atom is 0.251 e. The molecule has 1 heterocycles. The summed E-state index contributed by atoms with van der Waals surface area (Å²) < 4.78 is 2.12. The Morgan fingerprint density at radius 3 is 2.32 bits per heavy atom. The number of hydrazone groups is 1. The number of nitrogens with zero attached hydrogens (tertiary/aromatic N) is 2. The summed E-state index contributed by atoms with van der Waals surface area (Å²) in [5.74, 6) is -0.549. The first-order chi connectivity index (χ1) is 17.8. The normalized spacial score (nSPS) is 11.9. The predicted molar refractivity (Wildman–Crippen MR) is 148 cm³/mol. The van der Waals surface area contributed by atoms with Crippen LogP contribution in [0.1, 0.15) is 50.9 Å². The molecule has 37 heavy (non-hydrogen) atoms. The van der Waals surface area contributed by atoms with E-state index in [9.17, 15) is 9.59 Å². The molecule has 0 aliphatic carbocycles. The summed E-state index contributed by atoms with van der Waals surface area (Å²) in [5.41, 5.74) is 8.88. The van der Waals surface area contributed by atoms with Crippen molar-refractivity contribution in [3.63, 3.8) is 0 Å². The number of hydrogen-bond donors (Lipinski definition) is 2. The van der Waals surface area contributed by atoms with Gasteiger partial charge in [-0.3, -0.25) is 9.59 Å². The average molecular weight is 513 g/mol. The first kappa shape index (κ1) is 25.9. The van der Waals surface area contributed by atoms with E-state index in [0.717, 1.165) is 33.8 Å². The summed E-state index contributed by atoms with van der Waals surface area (Å²) in [6.45, 7) is 6.01. The van der Waals surface area contributed by atoms with Crippen molar-refractivity contribution in [1.29, 1.82) is 0 Å². The van der Waals surface area contributed by atoms with Crippen LogP contribution in [0.15, 0.2) is 90.0 Å². The van der Waals surface area contributed by atoms with Gasteiger partial charge in [0.05, 0.1) is 18.7 Å². The Kier molecular flexibility index (Phi) is 8.21. The minimum atomic E-state index is -0.500. The molecule has 2 amide bonds. The third kappa shape index (κ3) is 6.16. The maximum atomic E-state index is 12.8. The molecule has 0 unspecified atom stereocenters. The number of carbonyl (C=O) groups is 2. The molecule has 0 radical (unpaired) electrons. The van der Waals surface area contributed by atoms with Gasteiger partial charge in [-0.15, -0.1) is 0 Å². The predicted octanol–water partition coefficient (Wildman–Crippen LogP) is 6.07. The smallest absolute Gasteiger partial charge is 0.251 e. The fourth-order valence-electron chi connectivity index (χ4n) is 4.30. The van der Waals surface area contributed by atoms with Gasteiger partial charge < -0.3 is 9.88 Å². The Bertz CT molecular complexity index is 1430. The van der Waals surface area contributed by atoms with Crippen molar-refractivity contribution in [1.82, 2.24) is 15.3 Å². The summed E-state index contributed by atoms with van der Waals surface area (Å²) in [5, 5.41) is 7.88.